The van der Waals surface area contributed by atoms with Crippen molar-refractivity contribution in [1.29, 1.82) is 0 Å². The zero-order chi connectivity index (χ0) is 23.3. The first kappa shape index (κ1) is 23.3. The van der Waals surface area contributed by atoms with Crippen LogP contribution in [0.25, 0.3) is 11.3 Å². The first-order valence-electron chi connectivity index (χ1n) is 9.56. The molecule has 0 radical (unpaired) electrons. The fourth-order valence-corrected chi connectivity index (χ4v) is 3.09. The summed E-state index contributed by atoms with van der Waals surface area (Å²) in [5.74, 6) is 0.166. The van der Waals surface area contributed by atoms with Crippen molar-refractivity contribution in [3.63, 3.8) is 0 Å². The normalized spacial score (nSPS) is 11.3. The molecule has 0 aliphatic carbocycles. The first-order chi connectivity index (χ1) is 15.2. The second kappa shape index (κ2) is 9.86. The van der Waals surface area contributed by atoms with Crippen molar-refractivity contribution < 1.29 is 22.7 Å². The number of hydrogen-bond acceptors (Lipinski definition) is 4. The summed E-state index contributed by atoms with van der Waals surface area (Å²) in [6, 6.07) is 12.8. The van der Waals surface area contributed by atoms with Gasteiger partial charge in [0.2, 0.25) is 5.91 Å². The monoisotopic (exact) mass is 465 g/mol. The van der Waals surface area contributed by atoms with E-state index < -0.39 is 17.6 Å². The predicted molar refractivity (Wildman–Crippen MR) is 115 cm³/mol. The molecule has 0 saturated carbocycles. The van der Waals surface area contributed by atoms with E-state index in [9.17, 15) is 22.8 Å². The van der Waals surface area contributed by atoms with Crippen LogP contribution >= 0.6 is 11.6 Å². The number of nitrogens with zero attached hydrogens (tertiary/aromatic N) is 2. The maximum Gasteiger partial charge on any atom is 0.416 e. The van der Waals surface area contributed by atoms with Crippen molar-refractivity contribution in [3.8, 4) is 17.0 Å². The number of hydrogen-bond donors (Lipinski definition) is 1. The van der Waals surface area contributed by atoms with Crippen molar-refractivity contribution in [2.24, 2.45) is 0 Å². The summed E-state index contributed by atoms with van der Waals surface area (Å²) in [6.07, 6.45) is -4.33. The highest BCUT2D eigenvalue weighted by Crippen LogP contribution is 2.33. The molecule has 0 spiro atoms. The van der Waals surface area contributed by atoms with E-state index in [0.29, 0.717) is 11.4 Å². The van der Waals surface area contributed by atoms with Gasteiger partial charge in [-0.15, -0.1) is 0 Å². The summed E-state index contributed by atoms with van der Waals surface area (Å²) >= 11 is 5.89. The van der Waals surface area contributed by atoms with Crippen LogP contribution in [0.3, 0.4) is 0 Å². The molecule has 2 aromatic carbocycles. The van der Waals surface area contributed by atoms with Gasteiger partial charge in [-0.25, -0.2) is 4.68 Å². The average Bonchev–Trinajstić information content (AvgIpc) is 2.76. The molecule has 1 N–H and O–H groups in total. The van der Waals surface area contributed by atoms with E-state index in [1.165, 1.54) is 10.7 Å². The molecule has 168 valence electrons. The lowest BCUT2D eigenvalue weighted by Crippen LogP contribution is -2.23. The van der Waals surface area contributed by atoms with Crippen LogP contribution in [-0.4, -0.2) is 22.8 Å². The molecule has 6 nitrogen and oxygen atoms in total. The van der Waals surface area contributed by atoms with Crippen LogP contribution in [0.5, 0.6) is 5.75 Å². The molecule has 1 amide bonds. The molecular formula is C22H19ClF3N3O3. The van der Waals surface area contributed by atoms with Crippen molar-refractivity contribution >= 4 is 23.2 Å². The molecule has 3 rings (SSSR count). The van der Waals surface area contributed by atoms with Crippen LogP contribution < -0.4 is 15.6 Å². The molecule has 32 heavy (non-hydrogen) atoms. The molecule has 0 saturated heterocycles. The van der Waals surface area contributed by atoms with Gasteiger partial charge < -0.3 is 10.1 Å². The number of amides is 1. The number of benzene rings is 2. The highest BCUT2D eigenvalue weighted by Gasteiger charge is 2.31. The van der Waals surface area contributed by atoms with Gasteiger partial charge >= 0.3 is 6.18 Å². The van der Waals surface area contributed by atoms with Crippen LogP contribution in [0.4, 0.5) is 18.9 Å². The van der Waals surface area contributed by atoms with Gasteiger partial charge in [-0.1, -0.05) is 11.6 Å². The average molecular weight is 466 g/mol. The third-order valence-electron chi connectivity index (χ3n) is 4.59. The van der Waals surface area contributed by atoms with Gasteiger partial charge in [0.05, 0.1) is 29.1 Å². The van der Waals surface area contributed by atoms with E-state index >= 15 is 0 Å². The lowest BCUT2D eigenvalue weighted by atomic mass is 10.1. The SMILES string of the molecule is COc1ccc(-c2ccc(=O)n(CCCC(=O)Nc3cc(C(F)(F)F)ccc3Cl)n2)cc1. The van der Waals surface area contributed by atoms with Gasteiger partial charge in [-0.3, -0.25) is 9.59 Å². The van der Waals surface area contributed by atoms with E-state index in [4.69, 9.17) is 16.3 Å². The van der Waals surface area contributed by atoms with E-state index in [1.807, 2.05) is 12.1 Å². The molecule has 0 aliphatic rings. The molecule has 3 aromatic rings. The first-order valence-corrected chi connectivity index (χ1v) is 9.94. The van der Waals surface area contributed by atoms with E-state index in [2.05, 4.69) is 10.4 Å². The lowest BCUT2D eigenvalue weighted by Gasteiger charge is -2.12. The van der Waals surface area contributed by atoms with Gasteiger partial charge in [0.25, 0.3) is 5.56 Å². The number of ether oxygens (including phenoxy) is 1. The van der Waals surface area contributed by atoms with Crippen molar-refractivity contribution in [3.05, 3.63) is 75.5 Å². The quantitative estimate of drug-likeness (QED) is 0.532. The smallest absolute Gasteiger partial charge is 0.416 e. The second-order valence-corrected chi connectivity index (χ2v) is 7.26. The number of methoxy groups -OCH3 is 1. The van der Waals surface area contributed by atoms with Crippen molar-refractivity contribution in [1.82, 2.24) is 9.78 Å². The standard InChI is InChI=1S/C22H19ClF3N3O3/c1-32-16-7-4-14(5-8-16)18-10-11-21(31)29(28-18)12-2-3-20(30)27-19-13-15(22(24,25)26)6-9-17(19)23/h4-11,13H,2-3,12H2,1H3,(H,27,30). The number of aryl methyl sites for hydroxylation is 1. The molecule has 0 aliphatic heterocycles. The Morgan fingerprint density at radius 1 is 1.12 bits per heavy atom. The maximum atomic E-state index is 12.9. The molecule has 0 fully saturated rings. The Kier molecular flexibility index (Phi) is 7.19. The number of rotatable bonds is 7. The number of carbonyl (C=O) groups excluding carboxylic acids is 1. The fourth-order valence-electron chi connectivity index (χ4n) is 2.92. The Bertz CT molecular complexity index is 1160. The Morgan fingerprint density at radius 3 is 2.50 bits per heavy atom. The molecule has 0 unspecified atom stereocenters. The third-order valence-corrected chi connectivity index (χ3v) is 4.92. The number of aromatic nitrogens is 2. The van der Waals surface area contributed by atoms with E-state index in [1.54, 1.807) is 25.3 Å². The van der Waals surface area contributed by atoms with Crippen LogP contribution in [-0.2, 0) is 17.5 Å². The molecule has 1 heterocycles. The summed E-state index contributed by atoms with van der Waals surface area (Å²) in [5.41, 5.74) is -0.000822. The number of nitrogens with one attached hydrogen (secondary N) is 1. The van der Waals surface area contributed by atoms with Gasteiger partial charge in [0.15, 0.2) is 0 Å². The summed E-state index contributed by atoms with van der Waals surface area (Å²) in [6.45, 7) is 0.159. The molecular weight excluding hydrogens is 447 g/mol. The van der Waals surface area contributed by atoms with Gasteiger partial charge in [0.1, 0.15) is 5.75 Å². The second-order valence-electron chi connectivity index (χ2n) is 6.85. The summed E-state index contributed by atoms with van der Waals surface area (Å²) in [5, 5.41) is 6.69. The number of alkyl halides is 3. The highest BCUT2D eigenvalue weighted by molar-refractivity contribution is 6.33. The summed E-state index contributed by atoms with van der Waals surface area (Å²) < 4.78 is 44.9. The topological polar surface area (TPSA) is 73.2 Å². The molecule has 0 bridgehead atoms. The van der Waals surface area contributed by atoms with Crippen molar-refractivity contribution in [2.45, 2.75) is 25.6 Å². The Hall–Kier alpha value is -3.33. The minimum atomic E-state index is -4.55. The maximum absolute atomic E-state index is 12.9. The number of anilines is 1. The summed E-state index contributed by atoms with van der Waals surface area (Å²) in [4.78, 5) is 24.3. The number of carbonyl (C=O) groups is 1. The van der Waals surface area contributed by atoms with Crippen LogP contribution in [0, 0.1) is 0 Å². The highest BCUT2D eigenvalue weighted by atomic mass is 35.5. The van der Waals surface area contributed by atoms with Crippen LogP contribution in [0.15, 0.2) is 59.4 Å². The van der Waals surface area contributed by atoms with Crippen LogP contribution in [0.2, 0.25) is 5.02 Å². The van der Waals surface area contributed by atoms with Gasteiger partial charge in [0, 0.05) is 24.6 Å². The van der Waals surface area contributed by atoms with Gasteiger partial charge in [-0.05, 0) is 55.0 Å². The van der Waals surface area contributed by atoms with Crippen LogP contribution in [0.1, 0.15) is 18.4 Å². The minimum absolute atomic E-state index is 0.00331. The summed E-state index contributed by atoms with van der Waals surface area (Å²) in [7, 11) is 1.56. The van der Waals surface area contributed by atoms with Gasteiger partial charge in [-0.2, -0.15) is 18.3 Å². The third kappa shape index (κ3) is 5.88. The Morgan fingerprint density at radius 2 is 1.84 bits per heavy atom. The Balaban J connectivity index is 1.63. The largest absolute Gasteiger partial charge is 0.497 e. The molecule has 0 atom stereocenters. The van der Waals surface area contributed by atoms with E-state index in [0.717, 1.165) is 23.8 Å². The van der Waals surface area contributed by atoms with E-state index in [-0.39, 0.29) is 35.7 Å². The zero-order valence-corrected chi connectivity index (χ0v) is 17.7. The predicted octanol–water partition coefficient (Wildman–Crippen LogP) is 5.01. The zero-order valence-electron chi connectivity index (χ0n) is 16.9. The lowest BCUT2D eigenvalue weighted by molar-refractivity contribution is -0.137. The number of halogens is 4. The van der Waals surface area contributed by atoms with Crippen molar-refractivity contribution in [2.75, 3.05) is 12.4 Å². The molecule has 10 heteroatoms. The fraction of sp³-hybridized carbons (Fsp3) is 0.227. The minimum Gasteiger partial charge on any atom is -0.497 e. The Labute approximate surface area is 186 Å². The molecule has 1 aromatic heterocycles.